The van der Waals surface area contributed by atoms with Gasteiger partial charge in [-0.25, -0.2) is 4.98 Å². The van der Waals surface area contributed by atoms with Crippen LogP contribution in [0.25, 0.3) is 0 Å². The predicted molar refractivity (Wildman–Crippen MR) is 60.0 cm³/mol. The summed E-state index contributed by atoms with van der Waals surface area (Å²) >= 11 is 11.4. The summed E-state index contributed by atoms with van der Waals surface area (Å²) in [7, 11) is 0. The van der Waals surface area contributed by atoms with Gasteiger partial charge < -0.3 is 4.57 Å². The fourth-order valence-electron chi connectivity index (χ4n) is 1.55. The van der Waals surface area contributed by atoms with E-state index < -0.39 is 11.6 Å². The molecule has 4 nitrogen and oxygen atoms in total. The number of rotatable bonds is 1. The van der Waals surface area contributed by atoms with Gasteiger partial charge in [-0.15, -0.1) is 0 Å². The van der Waals surface area contributed by atoms with Crippen LogP contribution in [0.1, 0.15) is 40.9 Å². The van der Waals surface area contributed by atoms with E-state index in [1.54, 1.807) is 4.57 Å². The van der Waals surface area contributed by atoms with E-state index in [2.05, 4.69) is 4.98 Å². The van der Waals surface area contributed by atoms with Gasteiger partial charge in [0.15, 0.2) is 0 Å². The third-order valence-electron chi connectivity index (χ3n) is 2.37. The standard InChI is InChI=1S/C10H8Cl2N2O2/c1-4(2)14-3-13-7-8(14)10(16)6(12)5(11)9(7)15/h3-4H,1-2H3. The SMILES string of the molecule is CC(C)n1cnc2c1C(=O)C(Cl)=C(Cl)C2=O. The number of fused-ring (bicyclic) bond motifs is 1. The Kier molecular flexibility index (Phi) is 2.64. The lowest BCUT2D eigenvalue weighted by molar-refractivity contribution is 0.0978. The summed E-state index contributed by atoms with van der Waals surface area (Å²) < 4.78 is 1.61. The Balaban J connectivity index is 2.69. The van der Waals surface area contributed by atoms with Crippen molar-refractivity contribution in [3.63, 3.8) is 0 Å². The smallest absolute Gasteiger partial charge is 0.226 e. The molecule has 0 unspecified atom stereocenters. The summed E-state index contributed by atoms with van der Waals surface area (Å²) in [6.45, 7) is 3.76. The number of imidazole rings is 1. The molecule has 1 aromatic rings. The minimum atomic E-state index is -0.499. The number of carbonyl (C=O) groups excluding carboxylic acids is 2. The lowest BCUT2D eigenvalue weighted by Crippen LogP contribution is -2.21. The van der Waals surface area contributed by atoms with Gasteiger partial charge in [0.1, 0.15) is 21.5 Å². The van der Waals surface area contributed by atoms with Crippen molar-refractivity contribution in [2.24, 2.45) is 0 Å². The average Bonchev–Trinajstić information content (AvgIpc) is 2.67. The summed E-state index contributed by atoms with van der Waals surface area (Å²) in [4.78, 5) is 27.5. The lowest BCUT2D eigenvalue weighted by Gasteiger charge is -2.14. The first-order valence-electron chi connectivity index (χ1n) is 4.66. The van der Waals surface area contributed by atoms with Crippen molar-refractivity contribution in [3.05, 3.63) is 27.8 Å². The molecule has 0 fully saturated rings. The highest BCUT2D eigenvalue weighted by Gasteiger charge is 2.35. The maximum Gasteiger partial charge on any atom is 0.226 e. The molecule has 6 heteroatoms. The Morgan fingerprint density at radius 2 is 1.75 bits per heavy atom. The van der Waals surface area contributed by atoms with Gasteiger partial charge in [0.2, 0.25) is 11.6 Å². The van der Waals surface area contributed by atoms with Gasteiger partial charge in [-0.3, -0.25) is 9.59 Å². The lowest BCUT2D eigenvalue weighted by atomic mass is 10.0. The molecular formula is C10H8Cl2N2O2. The molecular weight excluding hydrogens is 251 g/mol. The largest absolute Gasteiger partial charge is 0.325 e. The van der Waals surface area contributed by atoms with Crippen molar-refractivity contribution in [3.8, 4) is 0 Å². The average molecular weight is 259 g/mol. The van der Waals surface area contributed by atoms with Crippen LogP contribution in [0.2, 0.25) is 0 Å². The number of hydrogen-bond donors (Lipinski definition) is 0. The van der Waals surface area contributed by atoms with Crippen molar-refractivity contribution in [1.82, 2.24) is 9.55 Å². The van der Waals surface area contributed by atoms with E-state index >= 15 is 0 Å². The van der Waals surface area contributed by atoms with Crippen molar-refractivity contribution in [2.75, 3.05) is 0 Å². The summed E-state index contributed by atoms with van der Waals surface area (Å²) in [6.07, 6.45) is 1.45. The van der Waals surface area contributed by atoms with Crippen molar-refractivity contribution in [1.29, 1.82) is 0 Å². The van der Waals surface area contributed by atoms with Crippen LogP contribution in [0.15, 0.2) is 16.4 Å². The van der Waals surface area contributed by atoms with Crippen LogP contribution < -0.4 is 0 Å². The Labute approximate surface area is 102 Å². The highest BCUT2D eigenvalue weighted by atomic mass is 35.5. The first-order valence-corrected chi connectivity index (χ1v) is 5.42. The number of carbonyl (C=O) groups is 2. The van der Waals surface area contributed by atoms with E-state index in [0.717, 1.165) is 0 Å². The van der Waals surface area contributed by atoms with Crippen LogP contribution in [-0.2, 0) is 0 Å². The van der Waals surface area contributed by atoms with Gasteiger partial charge in [-0.05, 0) is 13.8 Å². The zero-order valence-corrected chi connectivity index (χ0v) is 10.1. The molecule has 0 radical (unpaired) electrons. The van der Waals surface area contributed by atoms with Crippen LogP contribution in [-0.4, -0.2) is 21.1 Å². The molecule has 0 bridgehead atoms. The summed E-state index contributed by atoms with van der Waals surface area (Å²) in [5.74, 6) is -0.951. The van der Waals surface area contributed by atoms with Gasteiger partial charge >= 0.3 is 0 Å². The van der Waals surface area contributed by atoms with E-state index in [1.807, 2.05) is 13.8 Å². The monoisotopic (exact) mass is 258 g/mol. The van der Waals surface area contributed by atoms with E-state index in [4.69, 9.17) is 23.2 Å². The normalized spacial score (nSPS) is 16.1. The van der Waals surface area contributed by atoms with Gasteiger partial charge in [0.05, 0.1) is 6.33 Å². The summed E-state index contributed by atoms with van der Waals surface area (Å²) in [6, 6.07) is 0.0225. The molecule has 0 saturated carbocycles. The first kappa shape index (κ1) is 11.4. The topological polar surface area (TPSA) is 52.0 Å². The second-order valence-corrected chi connectivity index (χ2v) is 4.48. The zero-order chi connectivity index (χ0) is 12.0. The van der Waals surface area contributed by atoms with Crippen LogP contribution in [0.5, 0.6) is 0 Å². The molecule has 1 aliphatic carbocycles. The molecule has 84 valence electrons. The zero-order valence-electron chi connectivity index (χ0n) is 8.62. The molecule has 1 heterocycles. The molecule has 0 amide bonds. The third kappa shape index (κ3) is 1.41. The molecule has 1 aromatic heterocycles. The number of ketones is 2. The number of Topliss-reactive ketones (excluding diaryl/α,β-unsaturated/α-hetero) is 2. The fourth-order valence-corrected chi connectivity index (χ4v) is 1.90. The maximum absolute atomic E-state index is 11.9. The highest BCUT2D eigenvalue weighted by Crippen LogP contribution is 2.30. The molecule has 16 heavy (non-hydrogen) atoms. The second-order valence-electron chi connectivity index (χ2n) is 3.73. The van der Waals surface area contributed by atoms with E-state index in [0.29, 0.717) is 0 Å². The molecule has 0 atom stereocenters. The highest BCUT2D eigenvalue weighted by molar-refractivity contribution is 6.59. The van der Waals surface area contributed by atoms with Crippen LogP contribution in [0.4, 0.5) is 0 Å². The van der Waals surface area contributed by atoms with Gasteiger partial charge in [0.25, 0.3) is 0 Å². The molecule has 2 rings (SSSR count). The van der Waals surface area contributed by atoms with Crippen molar-refractivity contribution in [2.45, 2.75) is 19.9 Å². The second kappa shape index (κ2) is 3.71. The summed E-state index contributed by atoms with van der Waals surface area (Å²) in [5.41, 5.74) is 0.294. The van der Waals surface area contributed by atoms with Crippen LogP contribution >= 0.6 is 23.2 Å². The van der Waals surface area contributed by atoms with Crippen molar-refractivity contribution < 1.29 is 9.59 Å². The molecule has 0 spiro atoms. The number of allylic oxidation sites excluding steroid dienone is 2. The predicted octanol–water partition coefficient (Wildman–Crippen LogP) is 2.53. The number of aromatic nitrogens is 2. The summed E-state index contributed by atoms with van der Waals surface area (Å²) in [5, 5.41) is -0.491. The Morgan fingerprint density at radius 3 is 2.31 bits per heavy atom. The number of nitrogens with zero attached hydrogens (tertiary/aromatic N) is 2. The molecule has 0 aliphatic heterocycles. The van der Waals surface area contributed by atoms with Crippen molar-refractivity contribution >= 4 is 34.8 Å². The minimum Gasteiger partial charge on any atom is -0.325 e. The number of halogens is 2. The number of hydrogen-bond acceptors (Lipinski definition) is 3. The minimum absolute atomic E-state index is 0.0225. The Hall–Kier alpha value is -1.13. The molecule has 1 aliphatic rings. The van der Waals surface area contributed by atoms with Gasteiger partial charge in [0, 0.05) is 6.04 Å². The van der Waals surface area contributed by atoms with Crippen LogP contribution in [0, 0.1) is 0 Å². The first-order chi connectivity index (χ1) is 7.45. The Morgan fingerprint density at radius 1 is 1.19 bits per heavy atom. The maximum atomic E-state index is 11.9. The fraction of sp³-hybridized carbons (Fsp3) is 0.300. The van der Waals surface area contributed by atoms with Gasteiger partial charge in [-0.2, -0.15) is 0 Å². The van der Waals surface area contributed by atoms with Gasteiger partial charge in [-0.1, -0.05) is 23.2 Å². The Bertz CT molecular complexity index is 529. The van der Waals surface area contributed by atoms with E-state index in [-0.39, 0.29) is 27.5 Å². The quantitative estimate of drug-likeness (QED) is 0.778. The molecule has 0 saturated heterocycles. The third-order valence-corrected chi connectivity index (χ3v) is 3.19. The van der Waals surface area contributed by atoms with E-state index in [9.17, 15) is 9.59 Å². The van der Waals surface area contributed by atoms with Crippen LogP contribution in [0.3, 0.4) is 0 Å². The molecule has 0 N–H and O–H groups in total. The molecule has 0 aromatic carbocycles. The van der Waals surface area contributed by atoms with E-state index in [1.165, 1.54) is 6.33 Å².